The molecule has 2 rings (SSSR count). The average molecular weight is 304 g/mol. The first-order valence-electron chi connectivity index (χ1n) is 8.04. The van der Waals surface area contributed by atoms with Crippen LogP contribution in [0.4, 0.5) is 4.79 Å². The van der Waals surface area contributed by atoms with Crippen LogP contribution in [-0.2, 0) is 11.2 Å². The first-order valence-corrected chi connectivity index (χ1v) is 8.04. The highest BCUT2D eigenvalue weighted by Gasteiger charge is 2.37. The van der Waals surface area contributed by atoms with Gasteiger partial charge in [0.15, 0.2) is 0 Å². The van der Waals surface area contributed by atoms with Gasteiger partial charge in [-0.3, -0.25) is 9.80 Å². The third-order valence-corrected chi connectivity index (χ3v) is 3.89. The van der Waals surface area contributed by atoms with E-state index in [9.17, 15) is 4.79 Å². The number of nitrogens with zero attached hydrogens (tertiary/aromatic N) is 2. The van der Waals surface area contributed by atoms with Crippen molar-refractivity contribution in [2.24, 2.45) is 0 Å². The molecule has 1 aliphatic rings. The van der Waals surface area contributed by atoms with Gasteiger partial charge in [0.25, 0.3) is 0 Å². The Bertz CT molecular complexity index is 494. The molecule has 0 N–H and O–H groups in total. The van der Waals surface area contributed by atoms with E-state index in [0.717, 1.165) is 13.0 Å². The molecule has 0 radical (unpaired) electrons. The minimum Gasteiger partial charge on any atom is -0.444 e. The minimum absolute atomic E-state index is 0.166. The molecule has 0 saturated carbocycles. The molecule has 0 unspecified atom stereocenters. The Morgan fingerprint density at radius 3 is 2.45 bits per heavy atom. The van der Waals surface area contributed by atoms with Crippen molar-refractivity contribution in [3.63, 3.8) is 0 Å². The van der Waals surface area contributed by atoms with Crippen molar-refractivity contribution < 1.29 is 9.53 Å². The van der Waals surface area contributed by atoms with Crippen LogP contribution >= 0.6 is 0 Å². The number of carbonyl (C=O) groups excluding carboxylic acids is 1. The highest BCUT2D eigenvalue weighted by Crippen LogP contribution is 2.22. The van der Waals surface area contributed by atoms with Crippen molar-refractivity contribution in [2.75, 3.05) is 13.2 Å². The Kier molecular flexibility index (Phi) is 5.12. The van der Waals surface area contributed by atoms with E-state index in [4.69, 9.17) is 4.74 Å². The molecule has 1 heterocycles. The largest absolute Gasteiger partial charge is 0.444 e. The molecule has 0 bridgehead atoms. The number of rotatable bonds is 3. The lowest BCUT2D eigenvalue weighted by Gasteiger charge is -2.28. The Labute approximate surface area is 134 Å². The molecule has 4 heteroatoms. The minimum atomic E-state index is -0.459. The van der Waals surface area contributed by atoms with Crippen molar-refractivity contribution in [1.29, 1.82) is 0 Å². The zero-order chi connectivity index (χ0) is 16.3. The van der Waals surface area contributed by atoms with Crippen LogP contribution < -0.4 is 0 Å². The molecule has 1 saturated heterocycles. The molecule has 1 aromatic rings. The summed E-state index contributed by atoms with van der Waals surface area (Å²) in [5.41, 5.74) is 0.797. The van der Waals surface area contributed by atoms with Crippen LogP contribution in [0, 0.1) is 0 Å². The van der Waals surface area contributed by atoms with Crippen LogP contribution in [0.25, 0.3) is 0 Å². The Balaban J connectivity index is 2.11. The molecule has 1 aliphatic heterocycles. The summed E-state index contributed by atoms with van der Waals surface area (Å²) >= 11 is 0. The summed E-state index contributed by atoms with van der Waals surface area (Å²) in [6.07, 6.45) is 0.653. The normalized spacial score (nSPS) is 19.7. The fourth-order valence-corrected chi connectivity index (χ4v) is 2.70. The van der Waals surface area contributed by atoms with Gasteiger partial charge in [-0.1, -0.05) is 30.3 Å². The molecule has 4 nitrogen and oxygen atoms in total. The van der Waals surface area contributed by atoms with E-state index in [-0.39, 0.29) is 12.1 Å². The van der Waals surface area contributed by atoms with Crippen LogP contribution in [0.5, 0.6) is 0 Å². The SMILES string of the molecule is CC(C)N1C[C@H](Cc2ccccc2)N(C(=O)OC(C)(C)C)C1. The van der Waals surface area contributed by atoms with Crippen LogP contribution in [0.3, 0.4) is 0 Å². The Hall–Kier alpha value is -1.55. The van der Waals surface area contributed by atoms with Gasteiger partial charge >= 0.3 is 6.09 Å². The quantitative estimate of drug-likeness (QED) is 0.856. The van der Waals surface area contributed by atoms with Gasteiger partial charge in [-0.05, 0) is 46.6 Å². The summed E-state index contributed by atoms with van der Waals surface area (Å²) in [5.74, 6) is 0. The van der Waals surface area contributed by atoms with Gasteiger partial charge in [-0.25, -0.2) is 4.79 Å². The second-order valence-corrected chi connectivity index (χ2v) is 7.30. The third-order valence-electron chi connectivity index (χ3n) is 3.89. The average Bonchev–Trinajstić information content (AvgIpc) is 2.82. The lowest BCUT2D eigenvalue weighted by molar-refractivity contribution is 0.0200. The lowest BCUT2D eigenvalue weighted by Crippen LogP contribution is -2.41. The van der Waals surface area contributed by atoms with Crippen LogP contribution in [0.2, 0.25) is 0 Å². The second-order valence-electron chi connectivity index (χ2n) is 7.30. The fourth-order valence-electron chi connectivity index (χ4n) is 2.70. The van der Waals surface area contributed by atoms with Crippen molar-refractivity contribution in [2.45, 2.75) is 58.7 Å². The smallest absolute Gasteiger partial charge is 0.411 e. The third kappa shape index (κ3) is 4.47. The maximum atomic E-state index is 12.5. The summed E-state index contributed by atoms with van der Waals surface area (Å²) in [6.45, 7) is 11.6. The Morgan fingerprint density at radius 2 is 1.91 bits per heavy atom. The van der Waals surface area contributed by atoms with E-state index in [1.165, 1.54) is 5.56 Å². The molecule has 22 heavy (non-hydrogen) atoms. The summed E-state index contributed by atoms with van der Waals surface area (Å²) in [5, 5.41) is 0. The van der Waals surface area contributed by atoms with Gasteiger partial charge < -0.3 is 4.74 Å². The molecule has 1 aromatic carbocycles. The van der Waals surface area contributed by atoms with E-state index in [2.05, 4.69) is 30.9 Å². The predicted molar refractivity (Wildman–Crippen MR) is 88.7 cm³/mol. The van der Waals surface area contributed by atoms with Crippen molar-refractivity contribution >= 4 is 6.09 Å². The molecule has 1 amide bonds. The van der Waals surface area contributed by atoms with E-state index in [1.54, 1.807) is 0 Å². The monoisotopic (exact) mass is 304 g/mol. The molecule has 0 spiro atoms. The van der Waals surface area contributed by atoms with E-state index >= 15 is 0 Å². The van der Waals surface area contributed by atoms with E-state index in [1.807, 2.05) is 43.9 Å². The molecule has 122 valence electrons. The first-order chi connectivity index (χ1) is 10.3. The number of carbonyl (C=O) groups is 1. The van der Waals surface area contributed by atoms with Crippen molar-refractivity contribution in [3.05, 3.63) is 35.9 Å². The van der Waals surface area contributed by atoms with Gasteiger partial charge in [0.2, 0.25) is 0 Å². The van der Waals surface area contributed by atoms with Gasteiger partial charge in [-0.2, -0.15) is 0 Å². The number of ether oxygens (including phenoxy) is 1. The molecular weight excluding hydrogens is 276 g/mol. The highest BCUT2D eigenvalue weighted by atomic mass is 16.6. The van der Waals surface area contributed by atoms with Crippen molar-refractivity contribution in [3.8, 4) is 0 Å². The summed E-state index contributed by atoms with van der Waals surface area (Å²) in [4.78, 5) is 16.7. The van der Waals surface area contributed by atoms with E-state index in [0.29, 0.717) is 12.7 Å². The lowest BCUT2D eigenvalue weighted by atomic mass is 10.1. The van der Waals surface area contributed by atoms with Crippen LogP contribution in [0.1, 0.15) is 40.2 Å². The molecule has 1 fully saturated rings. The van der Waals surface area contributed by atoms with Gasteiger partial charge in [-0.15, -0.1) is 0 Å². The number of hydrogen-bond acceptors (Lipinski definition) is 3. The summed E-state index contributed by atoms with van der Waals surface area (Å²) in [6, 6.07) is 10.9. The molecule has 1 atom stereocenters. The van der Waals surface area contributed by atoms with E-state index < -0.39 is 5.60 Å². The zero-order valence-corrected chi connectivity index (χ0v) is 14.4. The summed E-state index contributed by atoms with van der Waals surface area (Å²) in [7, 11) is 0. The topological polar surface area (TPSA) is 32.8 Å². The Morgan fingerprint density at radius 1 is 1.27 bits per heavy atom. The maximum absolute atomic E-state index is 12.5. The van der Waals surface area contributed by atoms with Gasteiger partial charge in [0, 0.05) is 12.6 Å². The first kappa shape index (κ1) is 16.8. The van der Waals surface area contributed by atoms with Gasteiger partial charge in [0.1, 0.15) is 5.60 Å². The predicted octanol–water partition coefficient (Wildman–Crippen LogP) is 3.52. The molecule has 0 aliphatic carbocycles. The van der Waals surface area contributed by atoms with Crippen molar-refractivity contribution in [1.82, 2.24) is 9.80 Å². The number of amides is 1. The summed E-state index contributed by atoms with van der Waals surface area (Å²) < 4.78 is 5.58. The standard InChI is InChI=1S/C18H28N2O2/c1-14(2)19-12-16(11-15-9-7-6-8-10-15)20(13-19)17(21)22-18(3,4)5/h6-10,14,16H,11-13H2,1-5H3/t16-/m0/s1. The fraction of sp³-hybridized carbons (Fsp3) is 0.611. The van der Waals surface area contributed by atoms with Crippen LogP contribution in [-0.4, -0.2) is 46.8 Å². The van der Waals surface area contributed by atoms with Crippen LogP contribution in [0.15, 0.2) is 30.3 Å². The maximum Gasteiger partial charge on any atom is 0.411 e. The second kappa shape index (κ2) is 6.69. The molecule has 0 aromatic heterocycles. The van der Waals surface area contributed by atoms with Gasteiger partial charge in [0.05, 0.1) is 12.7 Å². The number of benzene rings is 1. The molecular formula is C18H28N2O2. The highest BCUT2D eigenvalue weighted by molar-refractivity contribution is 5.69. The number of hydrogen-bond donors (Lipinski definition) is 0. The zero-order valence-electron chi connectivity index (χ0n) is 14.4.